The molecule has 26 heavy (non-hydrogen) atoms. The first-order valence-electron chi connectivity index (χ1n) is 7.66. The molecule has 138 valence electrons. The highest BCUT2D eigenvalue weighted by atomic mass is 35.5. The van der Waals surface area contributed by atoms with Gasteiger partial charge in [0.1, 0.15) is 0 Å². The number of ether oxygens (including phenoxy) is 2. The van der Waals surface area contributed by atoms with Gasteiger partial charge in [-0.05, 0) is 29.8 Å². The first-order chi connectivity index (χ1) is 12.4. The molecule has 2 aromatic rings. The number of nitrogens with one attached hydrogen (secondary N) is 2. The Morgan fingerprint density at radius 1 is 1.00 bits per heavy atom. The molecule has 2 rings (SSSR count). The van der Waals surface area contributed by atoms with Crippen LogP contribution in [0.1, 0.15) is 5.56 Å². The summed E-state index contributed by atoms with van der Waals surface area (Å²) in [7, 11) is 3.06. The number of hydrogen-bond acceptors (Lipinski definition) is 4. The summed E-state index contributed by atoms with van der Waals surface area (Å²) in [6, 6.07) is 10.1. The van der Waals surface area contributed by atoms with Crippen LogP contribution in [0.3, 0.4) is 0 Å². The standard InChI is InChI=1S/C18H18Cl2N2O4/c1-25-14-7-6-11(8-15(14)26-2)9-16(23)21-10-17(24)22-13-5-3-4-12(19)18(13)20/h3-8H,9-10H2,1-2H3,(H,21,23)(H,22,24). The molecule has 0 aliphatic carbocycles. The van der Waals surface area contributed by atoms with E-state index in [2.05, 4.69) is 10.6 Å². The normalized spacial score (nSPS) is 10.2. The number of halogens is 2. The number of hydrogen-bond donors (Lipinski definition) is 2. The van der Waals surface area contributed by atoms with E-state index in [9.17, 15) is 9.59 Å². The average Bonchev–Trinajstić information content (AvgIpc) is 2.63. The van der Waals surface area contributed by atoms with E-state index in [0.29, 0.717) is 22.2 Å². The molecule has 0 bridgehead atoms. The van der Waals surface area contributed by atoms with Crippen molar-refractivity contribution < 1.29 is 19.1 Å². The Morgan fingerprint density at radius 3 is 2.42 bits per heavy atom. The van der Waals surface area contributed by atoms with E-state index in [-0.39, 0.29) is 23.9 Å². The van der Waals surface area contributed by atoms with Gasteiger partial charge in [0.2, 0.25) is 11.8 Å². The van der Waals surface area contributed by atoms with Crippen LogP contribution in [-0.2, 0) is 16.0 Å². The number of rotatable bonds is 7. The van der Waals surface area contributed by atoms with E-state index in [1.807, 2.05) is 0 Å². The van der Waals surface area contributed by atoms with Gasteiger partial charge in [-0.2, -0.15) is 0 Å². The predicted octanol–water partition coefficient (Wildman–Crippen LogP) is 3.31. The van der Waals surface area contributed by atoms with E-state index in [4.69, 9.17) is 32.7 Å². The van der Waals surface area contributed by atoms with Crippen molar-refractivity contribution in [3.8, 4) is 11.5 Å². The maximum atomic E-state index is 12.0. The molecule has 0 atom stereocenters. The van der Waals surface area contributed by atoms with Crippen LogP contribution in [0.4, 0.5) is 5.69 Å². The fraction of sp³-hybridized carbons (Fsp3) is 0.222. The quantitative estimate of drug-likeness (QED) is 0.752. The zero-order valence-electron chi connectivity index (χ0n) is 14.3. The van der Waals surface area contributed by atoms with E-state index < -0.39 is 5.91 Å². The molecule has 0 spiro atoms. The molecule has 2 amide bonds. The third kappa shape index (κ3) is 5.28. The first-order valence-corrected chi connectivity index (χ1v) is 8.41. The number of carbonyl (C=O) groups is 2. The first kappa shape index (κ1) is 19.9. The maximum absolute atomic E-state index is 12.0. The average molecular weight is 397 g/mol. The van der Waals surface area contributed by atoms with Crippen molar-refractivity contribution >= 4 is 40.7 Å². The van der Waals surface area contributed by atoms with Crippen molar-refractivity contribution in [3.05, 3.63) is 52.0 Å². The largest absolute Gasteiger partial charge is 0.493 e. The molecule has 0 radical (unpaired) electrons. The molecular formula is C18H18Cl2N2O4. The summed E-state index contributed by atoms with van der Waals surface area (Å²) in [6.07, 6.45) is 0.103. The molecule has 0 unspecified atom stereocenters. The number of methoxy groups -OCH3 is 2. The zero-order valence-corrected chi connectivity index (χ0v) is 15.8. The summed E-state index contributed by atoms with van der Waals surface area (Å²) in [5.74, 6) is 0.403. The summed E-state index contributed by atoms with van der Waals surface area (Å²) in [5.41, 5.74) is 1.12. The Bertz CT molecular complexity index is 812. The summed E-state index contributed by atoms with van der Waals surface area (Å²) < 4.78 is 10.4. The van der Waals surface area contributed by atoms with Gasteiger partial charge in [0.15, 0.2) is 11.5 Å². The van der Waals surface area contributed by atoms with Crippen LogP contribution in [0.15, 0.2) is 36.4 Å². The van der Waals surface area contributed by atoms with Crippen molar-refractivity contribution in [1.29, 1.82) is 0 Å². The van der Waals surface area contributed by atoms with E-state index in [1.54, 1.807) is 36.4 Å². The maximum Gasteiger partial charge on any atom is 0.243 e. The summed E-state index contributed by atoms with van der Waals surface area (Å²) >= 11 is 11.9. The molecule has 0 aliphatic heterocycles. The minimum Gasteiger partial charge on any atom is -0.493 e. The highest BCUT2D eigenvalue weighted by Crippen LogP contribution is 2.29. The van der Waals surface area contributed by atoms with Gasteiger partial charge in [-0.25, -0.2) is 0 Å². The molecule has 0 fully saturated rings. The Hall–Kier alpha value is -2.44. The van der Waals surface area contributed by atoms with Gasteiger partial charge in [-0.1, -0.05) is 35.3 Å². The molecule has 6 nitrogen and oxygen atoms in total. The van der Waals surface area contributed by atoms with Crippen LogP contribution in [0.25, 0.3) is 0 Å². The fourth-order valence-corrected chi connectivity index (χ4v) is 2.56. The lowest BCUT2D eigenvalue weighted by molar-refractivity contribution is -0.123. The lowest BCUT2D eigenvalue weighted by Gasteiger charge is -2.11. The van der Waals surface area contributed by atoms with Crippen molar-refractivity contribution in [2.24, 2.45) is 0 Å². The third-order valence-electron chi connectivity index (χ3n) is 3.48. The molecule has 0 saturated carbocycles. The van der Waals surface area contributed by atoms with Crippen molar-refractivity contribution in [3.63, 3.8) is 0 Å². The van der Waals surface area contributed by atoms with Gasteiger partial charge in [0.05, 0.1) is 42.9 Å². The molecule has 0 heterocycles. The van der Waals surface area contributed by atoms with Gasteiger partial charge in [0.25, 0.3) is 0 Å². The molecule has 0 aromatic heterocycles. The van der Waals surface area contributed by atoms with Gasteiger partial charge < -0.3 is 20.1 Å². The van der Waals surface area contributed by atoms with Gasteiger partial charge in [-0.15, -0.1) is 0 Å². The minimum absolute atomic E-state index is 0.103. The van der Waals surface area contributed by atoms with Gasteiger partial charge in [-0.3, -0.25) is 9.59 Å². The van der Waals surface area contributed by atoms with E-state index in [0.717, 1.165) is 5.56 Å². The highest BCUT2D eigenvalue weighted by Gasteiger charge is 2.11. The summed E-state index contributed by atoms with van der Waals surface area (Å²) in [5, 5.41) is 5.73. The number of benzene rings is 2. The Labute approximate surface area is 161 Å². The van der Waals surface area contributed by atoms with Crippen LogP contribution < -0.4 is 20.1 Å². The molecule has 0 saturated heterocycles. The van der Waals surface area contributed by atoms with Gasteiger partial charge in [0, 0.05) is 0 Å². The van der Waals surface area contributed by atoms with Crippen molar-refractivity contribution in [2.45, 2.75) is 6.42 Å². The van der Waals surface area contributed by atoms with E-state index in [1.165, 1.54) is 14.2 Å². The number of carbonyl (C=O) groups excluding carboxylic acids is 2. The highest BCUT2D eigenvalue weighted by molar-refractivity contribution is 6.44. The molecule has 2 aromatic carbocycles. The topological polar surface area (TPSA) is 76.7 Å². The number of anilines is 1. The van der Waals surface area contributed by atoms with Gasteiger partial charge >= 0.3 is 0 Å². The zero-order chi connectivity index (χ0) is 19.1. The molecular weight excluding hydrogens is 379 g/mol. The Balaban J connectivity index is 1.88. The van der Waals surface area contributed by atoms with Crippen LogP contribution >= 0.6 is 23.2 Å². The fourth-order valence-electron chi connectivity index (χ4n) is 2.21. The smallest absolute Gasteiger partial charge is 0.243 e. The molecule has 2 N–H and O–H groups in total. The second kappa shape index (κ2) is 9.31. The van der Waals surface area contributed by atoms with Crippen LogP contribution in [0.2, 0.25) is 10.0 Å². The summed E-state index contributed by atoms with van der Waals surface area (Å²) in [6.45, 7) is -0.186. The minimum atomic E-state index is -0.408. The van der Waals surface area contributed by atoms with E-state index >= 15 is 0 Å². The Kier molecular flexibility index (Phi) is 7.12. The molecule has 0 aliphatic rings. The Morgan fingerprint density at radius 2 is 1.73 bits per heavy atom. The SMILES string of the molecule is COc1ccc(CC(=O)NCC(=O)Nc2cccc(Cl)c2Cl)cc1OC. The lowest BCUT2D eigenvalue weighted by atomic mass is 10.1. The van der Waals surface area contributed by atoms with Crippen molar-refractivity contribution in [1.82, 2.24) is 5.32 Å². The summed E-state index contributed by atoms with van der Waals surface area (Å²) in [4.78, 5) is 24.0. The lowest BCUT2D eigenvalue weighted by Crippen LogP contribution is -2.33. The second-order valence-electron chi connectivity index (χ2n) is 5.29. The van der Waals surface area contributed by atoms with Crippen LogP contribution in [-0.4, -0.2) is 32.6 Å². The predicted molar refractivity (Wildman–Crippen MR) is 101 cm³/mol. The van der Waals surface area contributed by atoms with Crippen LogP contribution in [0, 0.1) is 0 Å². The molecule has 8 heteroatoms. The number of amides is 2. The second-order valence-corrected chi connectivity index (χ2v) is 6.08. The van der Waals surface area contributed by atoms with Crippen molar-refractivity contribution in [2.75, 3.05) is 26.1 Å². The monoisotopic (exact) mass is 396 g/mol. The third-order valence-corrected chi connectivity index (χ3v) is 4.30. The van der Waals surface area contributed by atoms with Crippen LogP contribution in [0.5, 0.6) is 11.5 Å².